The normalized spacial score (nSPS) is 10.2. The number of nitrogens with two attached hydrogens (primary N) is 1. The minimum absolute atomic E-state index is 0.0825. The highest BCUT2D eigenvalue weighted by molar-refractivity contribution is 7.51. The quantitative estimate of drug-likeness (QED) is 0.441. The van der Waals surface area contributed by atoms with Crippen molar-refractivity contribution in [1.82, 2.24) is 0 Å². The Morgan fingerprint density at radius 1 is 1.18 bits per heavy atom. The number of benzene rings is 1. The van der Waals surface area contributed by atoms with E-state index in [1.807, 2.05) is 18.2 Å². The van der Waals surface area contributed by atoms with E-state index in [1.165, 1.54) is 20.2 Å². The first-order chi connectivity index (χ1) is 10.4. The lowest BCUT2D eigenvalue weighted by Gasteiger charge is -2.00. The van der Waals surface area contributed by atoms with E-state index in [1.54, 1.807) is 12.1 Å². The average Bonchev–Trinajstić information content (AvgIpc) is 2.49. The summed E-state index contributed by atoms with van der Waals surface area (Å²) in [6.07, 6.45) is 0.335. The number of fused-ring (bicyclic) bond motifs is 1. The third kappa shape index (κ3) is 9.44. The van der Waals surface area contributed by atoms with E-state index in [2.05, 4.69) is 10.5 Å². The molecule has 2 rings (SSSR count). The van der Waals surface area contributed by atoms with Crippen molar-refractivity contribution < 1.29 is 23.5 Å². The van der Waals surface area contributed by atoms with Crippen molar-refractivity contribution in [1.29, 1.82) is 0 Å². The Hall–Kier alpha value is -1.50. The van der Waals surface area contributed by atoms with Gasteiger partial charge in [-0.15, -0.1) is 0 Å². The van der Waals surface area contributed by atoms with Gasteiger partial charge in [-0.25, -0.2) is 4.79 Å². The lowest BCUT2D eigenvalue weighted by atomic mass is 10.2. The molecule has 1 aromatic heterocycles. The SMILES string of the molecule is CN.COCCCP(=O)(O)O.O=c1ccc2ccccc2o1. The molecular formula is C14H22NO6P. The van der Waals surface area contributed by atoms with Crippen LogP contribution in [0.15, 0.2) is 45.6 Å². The number of hydrogen-bond donors (Lipinski definition) is 3. The van der Waals surface area contributed by atoms with Gasteiger partial charge in [0.1, 0.15) is 5.58 Å². The first kappa shape index (κ1) is 20.5. The van der Waals surface area contributed by atoms with E-state index in [0.29, 0.717) is 18.6 Å². The van der Waals surface area contributed by atoms with E-state index >= 15 is 0 Å². The van der Waals surface area contributed by atoms with Crippen LogP contribution in [-0.2, 0) is 9.30 Å². The van der Waals surface area contributed by atoms with E-state index in [9.17, 15) is 9.36 Å². The van der Waals surface area contributed by atoms with Crippen LogP contribution in [0.5, 0.6) is 0 Å². The van der Waals surface area contributed by atoms with E-state index in [0.717, 1.165) is 5.39 Å². The second-order valence-electron chi connectivity index (χ2n) is 4.03. The molecule has 0 radical (unpaired) electrons. The molecule has 0 saturated carbocycles. The van der Waals surface area contributed by atoms with Crippen LogP contribution in [0.4, 0.5) is 0 Å². The van der Waals surface area contributed by atoms with Gasteiger partial charge in [-0.05, 0) is 25.6 Å². The molecule has 7 nitrogen and oxygen atoms in total. The van der Waals surface area contributed by atoms with Gasteiger partial charge in [-0.2, -0.15) is 0 Å². The topological polar surface area (TPSA) is 123 Å². The van der Waals surface area contributed by atoms with Crippen LogP contribution in [0.1, 0.15) is 6.42 Å². The number of ether oxygens (including phenoxy) is 1. The number of para-hydroxylation sites is 1. The highest BCUT2D eigenvalue weighted by atomic mass is 31.2. The second-order valence-corrected chi connectivity index (χ2v) is 5.80. The minimum Gasteiger partial charge on any atom is -0.423 e. The maximum atomic E-state index is 10.7. The van der Waals surface area contributed by atoms with E-state index < -0.39 is 7.60 Å². The summed E-state index contributed by atoms with van der Waals surface area (Å²) in [5.41, 5.74) is 4.84. The molecule has 4 N–H and O–H groups in total. The van der Waals surface area contributed by atoms with Crippen LogP contribution >= 0.6 is 7.60 Å². The van der Waals surface area contributed by atoms with Crippen LogP contribution in [0, 0.1) is 0 Å². The van der Waals surface area contributed by atoms with Crippen molar-refractivity contribution in [2.24, 2.45) is 5.73 Å². The van der Waals surface area contributed by atoms with Gasteiger partial charge < -0.3 is 24.7 Å². The third-order valence-corrected chi connectivity index (χ3v) is 3.23. The summed E-state index contributed by atoms with van der Waals surface area (Å²) < 4.78 is 19.6. The van der Waals surface area contributed by atoms with Crippen LogP contribution in [0.25, 0.3) is 11.0 Å². The van der Waals surface area contributed by atoms with Crippen LogP contribution in [-0.4, -0.2) is 36.7 Å². The van der Waals surface area contributed by atoms with Gasteiger partial charge >= 0.3 is 13.2 Å². The Labute approximate surface area is 128 Å². The van der Waals surface area contributed by atoms with Crippen molar-refractivity contribution in [3.63, 3.8) is 0 Å². The van der Waals surface area contributed by atoms with Gasteiger partial charge in [-0.3, -0.25) is 4.57 Å². The number of rotatable bonds is 4. The molecule has 22 heavy (non-hydrogen) atoms. The Bertz CT molecular complexity index is 636. The predicted octanol–water partition coefficient (Wildman–Crippen LogP) is 1.57. The molecule has 1 heterocycles. The highest BCUT2D eigenvalue weighted by Gasteiger charge is 2.10. The highest BCUT2D eigenvalue weighted by Crippen LogP contribution is 2.34. The van der Waals surface area contributed by atoms with Gasteiger partial charge in [0.05, 0.1) is 6.16 Å². The summed E-state index contributed by atoms with van der Waals surface area (Å²) >= 11 is 0. The molecule has 2 aromatic rings. The summed E-state index contributed by atoms with van der Waals surface area (Å²) in [7, 11) is -0.776. The molecule has 0 aliphatic carbocycles. The summed E-state index contributed by atoms with van der Waals surface area (Å²) in [6, 6.07) is 10.6. The summed E-state index contributed by atoms with van der Waals surface area (Å²) in [4.78, 5) is 27.3. The van der Waals surface area contributed by atoms with Gasteiger partial charge in [0.2, 0.25) is 0 Å². The molecule has 0 amide bonds. The Balaban J connectivity index is 0.000000369. The molecule has 0 aliphatic rings. The fourth-order valence-corrected chi connectivity index (χ4v) is 1.97. The smallest absolute Gasteiger partial charge is 0.336 e. The molecule has 0 unspecified atom stereocenters. The lowest BCUT2D eigenvalue weighted by Crippen LogP contribution is -1.93. The van der Waals surface area contributed by atoms with Crippen LogP contribution in [0.2, 0.25) is 0 Å². The molecule has 0 atom stereocenters. The molecule has 0 saturated heterocycles. The summed E-state index contributed by atoms with van der Waals surface area (Å²) in [5.74, 6) is 0. The van der Waals surface area contributed by atoms with Crippen molar-refractivity contribution in [3.8, 4) is 0 Å². The standard InChI is InChI=1S/C9H6O2.C4H11O4P.CH5N/c10-9-6-5-7-3-1-2-4-8(7)11-9;1-8-3-2-4-9(5,6)7;1-2/h1-6H;2-4H2,1H3,(H2,5,6,7);2H2,1H3. The minimum atomic E-state index is -3.78. The molecule has 0 spiro atoms. The maximum absolute atomic E-state index is 10.7. The number of hydrogen-bond acceptors (Lipinski definition) is 5. The van der Waals surface area contributed by atoms with Gasteiger partial charge in [0.25, 0.3) is 0 Å². The zero-order valence-electron chi connectivity index (χ0n) is 12.6. The average molecular weight is 331 g/mol. The number of methoxy groups -OCH3 is 1. The van der Waals surface area contributed by atoms with Crippen molar-refractivity contribution in [3.05, 3.63) is 46.8 Å². The zero-order valence-corrected chi connectivity index (χ0v) is 13.5. The summed E-state index contributed by atoms with van der Waals surface area (Å²) in [5, 5.41) is 0.951. The van der Waals surface area contributed by atoms with Crippen molar-refractivity contribution in [2.75, 3.05) is 26.9 Å². The van der Waals surface area contributed by atoms with E-state index in [-0.39, 0.29) is 11.8 Å². The monoisotopic (exact) mass is 331 g/mol. The Morgan fingerprint density at radius 2 is 1.82 bits per heavy atom. The van der Waals surface area contributed by atoms with Gasteiger partial charge in [0, 0.05) is 25.2 Å². The van der Waals surface area contributed by atoms with Crippen molar-refractivity contribution in [2.45, 2.75) is 6.42 Å². The lowest BCUT2D eigenvalue weighted by molar-refractivity contribution is 0.197. The molecule has 0 bridgehead atoms. The van der Waals surface area contributed by atoms with Crippen LogP contribution < -0.4 is 11.4 Å². The molecular weight excluding hydrogens is 309 g/mol. The molecule has 1 aromatic carbocycles. The molecule has 124 valence electrons. The van der Waals surface area contributed by atoms with E-state index in [4.69, 9.17) is 14.2 Å². The molecule has 0 aliphatic heterocycles. The van der Waals surface area contributed by atoms with Gasteiger partial charge in [0.15, 0.2) is 0 Å². The van der Waals surface area contributed by atoms with Crippen molar-refractivity contribution >= 4 is 18.6 Å². The zero-order chi connectivity index (χ0) is 17.0. The Kier molecular flexibility index (Phi) is 10.4. The van der Waals surface area contributed by atoms with Gasteiger partial charge in [-0.1, -0.05) is 18.2 Å². The Morgan fingerprint density at radius 3 is 2.41 bits per heavy atom. The fourth-order valence-electron chi connectivity index (χ4n) is 1.43. The fraction of sp³-hybridized carbons (Fsp3) is 0.357. The second kappa shape index (κ2) is 11.1. The largest absolute Gasteiger partial charge is 0.423 e. The van der Waals surface area contributed by atoms with Crippen LogP contribution in [0.3, 0.4) is 0 Å². The third-order valence-electron chi connectivity index (χ3n) is 2.33. The first-order valence-electron chi connectivity index (χ1n) is 6.52. The first-order valence-corrected chi connectivity index (χ1v) is 8.32. The maximum Gasteiger partial charge on any atom is 0.336 e. The molecule has 0 fully saturated rings. The molecule has 8 heteroatoms. The summed E-state index contributed by atoms with van der Waals surface area (Å²) in [6.45, 7) is 0.408. The predicted molar refractivity (Wildman–Crippen MR) is 86.0 cm³/mol.